The average molecular weight is 1990 g/mol. The van der Waals surface area contributed by atoms with Crippen molar-refractivity contribution in [3.05, 3.63) is 247 Å². The summed E-state index contributed by atoms with van der Waals surface area (Å²) < 4.78 is 89.0. The number of hydrogen-bond donors (Lipinski definition) is 10. The number of aromatic nitrogens is 8. The van der Waals surface area contributed by atoms with E-state index in [1.54, 1.807) is 97.6 Å². The van der Waals surface area contributed by atoms with Gasteiger partial charge in [0.2, 0.25) is 59.8 Å². The van der Waals surface area contributed by atoms with Gasteiger partial charge >= 0.3 is 0 Å². The van der Waals surface area contributed by atoms with Crippen molar-refractivity contribution in [2.45, 2.75) is 94.4 Å². The minimum absolute atomic E-state index is 0.0127. The molecule has 36 nitrogen and oxygen atoms in total. The van der Waals surface area contributed by atoms with Gasteiger partial charge < -0.3 is 92.2 Å². The summed E-state index contributed by atoms with van der Waals surface area (Å²) in [5.41, 5.74) is 20.4. The van der Waals surface area contributed by atoms with Crippen LogP contribution >= 0.6 is 0 Å². The summed E-state index contributed by atoms with van der Waals surface area (Å²) in [6.45, 7) is 30.5. The van der Waals surface area contributed by atoms with Crippen LogP contribution < -0.4 is 72.6 Å². The fraction of sp³-hybridized carbons (Fsp3) is 0.369. The Kier molecular flexibility index (Phi) is 35.1. The second-order valence-corrected chi connectivity index (χ2v) is 41.9. The van der Waals surface area contributed by atoms with Gasteiger partial charge in [0.25, 0.3) is 0 Å². The number of rotatable bonds is 30. The highest BCUT2D eigenvalue weighted by atomic mass is 32.2. The second-order valence-electron chi connectivity index (χ2n) is 36.3. The van der Waals surface area contributed by atoms with E-state index >= 15 is 0 Å². The molecule has 5 aliphatic heterocycles. The number of aryl methyl sites for hydroxylation is 4. The molecule has 5 saturated heterocycles. The number of nitrogens with two attached hydrogens (primary N) is 1. The van der Waals surface area contributed by atoms with Crippen LogP contribution in [0.5, 0.6) is 0 Å². The topological polar surface area (TPSA) is 399 Å². The van der Waals surface area contributed by atoms with E-state index in [-0.39, 0.29) is 20.7 Å². The molecular formula is C103H132N28O8S3. The third-order valence-corrected chi connectivity index (χ3v) is 31.2. The number of carbonyl (C=O) groups excluding carboxylic acids is 1. The molecule has 142 heavy (non-hydrogen) atoms. The van der Waals surface area contributed by atoms with Crippen LogP contribution in [0.1, 0.15) is 78.6 Å². The SMILES string of the molecule is CCN(CC)S(=O)(=O)c1cccc(Nc2nc(Nc3ccc(N4CCN(C)CC4)cc3)ncc2C)c1.Cc1cnc(Nc2ccc(N3CCN(C)CC3)cc2)nc1Nc1cccc(C(N)=O)c1.Cc1cnc(Nc2ccc(N3CCN(C)CC3)cc2)nc1Nc1cccc(S(=O)(=O)N2CCOCC2)c1.Cc1cnc(Nc2ccc(N3CCN(C)CC3)cc2)nc1Nc1cccc(S(=O)(=O)NC2CCCCC2)c1. The van der Waals surface area contributed by atoms with Crippen molar-refractivity contribution in [3.63, 3.8) is 0 Å². The molecule has 12 aromatic rings. The number of nitrogens with zero attached hydrogens (tertiary/aromatic N) is 18. The summed E-state index contributed by atoms with van der Waals surface area (Å²) in [6, 6.07) is 60.7. The Labute approximate surface area is 834 Å². The van der Waals surface area contributed by atoms with Gasteiger partial charge in [-0.05, 0) is 239 Å². The highest BCUT2D eigenvalue weighted by Gasteiger charge is 2.30. The molecule has 6 aliphatic rings. The van der Waals surface area contributed by atoms with Gasteiger partial charge in [-0.15, -0.1) is 0 Å². The number of nitrogens with one attached hydrogen (secondary N) is 9. The molecule has 39 heteroatoms. The molecule has 750 valence electrons. The van der Waals surface area contributed by atoms with E-state index in [1.165, 1.54) is 37.8 Å². The van der Waals surface area contributed by atoms with Crippen molar-refractivity contribution in [3.8, 4) is 0 Å². The van der Waals surface area contributed by atoms with Crippen LogP contribution in [0.25, 0.3) is 0 Å². The van der Waals surface area contributed by atoms with E-state index in [0.717, 1.165) is 181 Å². The molecule has 1 amide bonds. The van der Waals surface area contributed by atoms with Crippen molar-refractivity contribution >= 4 is 151 Å². The van der Waals surface area contributed by atoms with Crippen LogP contribution in [0.4, 0.5) is 115 Å². The summed E-state index contributed by atoms with van der Waals surface area (Å²) in [6.07, 6.45) is 12.1. The van der Waals surface area contributed by atoms with Gasteiger partial charge in [0.05, 0.1) is 27.9 Å². The number of primary amides is 1. The number of ether oxygens (including phenoxy) is 1. The van der Waals surface area contributed by atoms with Crippen molar-refractivity contribution in [2.24, 2.45) is 5.73 Å². The van der Waals surface area contributed by atoms with E-state index in [9.17, 15) is 30.0 Å². The molecule has 0 bridgehead atoms. The quantitative estimate of drug-likeness (QED) is 0.0200. The number of likely N-dealkylation sites (N-methyl/N-ethyl adjacent to an activating group) is 4. The first kappa shape index (κ1) is 103. The number of sulfonamides is 3. The summed E-state index contributed by atoms with van der Waals surface area (Å²) >= 11 is 0. The smallest absolute Gasteiger partial charge is 0.248 e. The van der Waals surface area contributed by atoms with Crippen LogP contribution in [0.15, 0.2) is 234 Å². The molecule has 0 radical (unpaired) electrons. The average Bonchev–Trinajstić information content (AvgIpc) is 0.798. The first-order chi connectivity index (χ1) is 68.5. The van der Waals surface area contributed by atoms with Gasteiger partial charge in [-0.3, -0.25) is 4.79 Å². The number of amides is 1. The highest BCUT2D eigenvalue weighted by Crippen LogP contribution is 2.34. The fourth-order valence-electron chi connectivity index (χ4n) is 17.0. The van der Waals surface area contributed by atoms with Crippen LogP contribution in [-0.4, -0.2) is 278 Å². The van der Waals surface area contributed by atoms with Gasteiger partial charge in [0.15, 0.2) is 0 Å². The molecular weight excluding hydrogens is 1850 g/mol. The van der Waals surface area contributed by atoms with Crippen LogP contribution in [0.3, 0.4) is 0 Å². The number of anilines is 20. The Morgan fingerprint density at radius 2 is 0.655 bits per heavy atom. The van der Waals surface area contributed by atoms with Crippen molar-refractivity contribution < 1.29 is 34.8 Å². The van der Waals surface area contributed by atoms with Gasteiger partial charge in [0, 0.05) is 258 Å². The van der Waals surface area contributed by atoms with Gasteiger partial charge in [-0.25, -0.2) is 49.9 Å². The van der Waals surface area contributed by atoms with E-state index in [4.69, 9.17) is 10.5 Å². The number of benzene rings is 8. The van der Waals surface area contributed by atoms with Crippen LogP contribution in [0.2, 0.25) is 0 Å². The summed E-state index contributed by atoms with van der Waals surface area (Å²) in [7, 11) is -2.11. The summed E-state index contributed by atoms with van der Waals surface area (Å²) in [5.74, 6) is 3.90. The number of morpholine rings is 1. The lowest BCUT2D eigenvalue weighted by Gasteiger charge is -2.34. The molecule has 1 aliphatic carbocycles. The van der Waals surface area contributed by atoms with Gasteiger partial charge in [-0.2, -0.15) is 28.5 Å². The van der Waals surface area contributed by atoms with Crippen molar-refractivity contribution in [1.82, 2.24) is 72.8 Å². The van der Waals surface area contributed by atoms with E-state index in [1.807, 2.05) is 114 Å². The third-order valence-electron chi connectivity index (χ3n) is 25.7. The zero-order valence-corrected chi connectivity index (χ0v) is 85.0. The number of hydrogen-bond acceptors (Lipinski definition) is 32. The predicted molar refractivity (Wildman–Crippen MR) is 569 cm³/mol. The first-order valence-corrected chi connectivity index (χ1v) is 52.8. The van der Waals surface area contributed by atoms with E-state index in [2.05, 4.69) is 203 Å². The molecule has 0 spiro atoms. The largest absolute Gasteiger partial charge is 0.379 e. The Balaban J connectivity index is 0.000000143. The minimum Gasteiger partial charge on any atom is -0.379 e. The zero-order chi connectivity index (χ0) is 99.9. The second kappa shape index (κ2) is 48.4. The predicted octanol–water partition coefficient (Wildman–Crippen LogP) is 14.9. The first-order valence-electron chi connectivity index (χ1n) is 48.5. The van der Waals surface area contributed by atoms with Gasteiger partial charge in [-0.1, -0.05) is 57.4 Å². The standard InChI is InChI=1S/C28H37N7O2S.C26H33N7O3S.C26H35N7O2S.C23H27N7O/c1-21-20-29-28(31-22-11-13-25(14-12-22)35-17-15-34(2)16-18-35)32-27(21)30-24-9-6-10-26(19-24)38(36,37)33-23-7-4-3-5-8-23;1-20-19-27-26(29-21-6-8-23(9-7-21)32-12-10-31(2)11-13-32)30-25(20)28-22-4-3-5-24(18-22)37(34,35)33-14-16-36-17-15-33;1-5-33(6-2)36(34,35)24-9-7-8-22(18-24)28-25-20(3)19-27-26(30-25)29-21-10-12-23(13-11-21)32-16-14-31(4)15-17-32;1-16-15-25-23(28-22(16)26-19-5-3-4-17(14-19)21(24)31)27-18-6-8-20(9-7-18)30-12-10-29(2)11-13-30/h6,9-14,19-20,23,33H,3-5,7-8,15-18H2,1-2H3,(H2,29,30,31,32);3-9,18-19H,10-17H2,1-2H3,(H2,27,28,29,30);7-13,18-19H,5-6,14-17H2,1-4H3,(H2,27,28,29,30);3-9,14-15H,10-13H2,1-2H3,(H2,24,31)(H2,25,26,27,28). The number of piperazine rings is 4. The Morgan fingerprint density at radius 3 is 0.979 bits per heavy atom. The summed E-state index contributed by atoms with van der Waals surface area (Å²) in [5, 5.41) is 26.1. The Bertz CT molecular complexity index is 6560. The molecule has 18 rings (SSSR count). The molecule has 4 aromatic heterocycles. The van der Waals surface area contributed by atoms with E-state index in [0.29, 0.717) is 109 Å². The molecule has 1 saturated carbocycles. The maximum absolute atomic E-state index is 13.1. The molecule has 0 atom stereocenters. The summed E-state index contributed by atoms with van der Waals surface area (Å²) in [4.78, 5) is 67.3. The normalized spacial score (nSPS) is 16.1. The third kappa shape index (κ3) is 28.3. The zero-order valence-electron chi connectivity index (χ0n) is 82.6. The molecule has 8 aromatic carbocycles. The lowest BCUT2D eigenvalue weighted by Crippen LogP contribution is -2.44. The van der Waals surface area contributed by atoms with Crippen LogP contribution in [0, 0.1) is 27.7 Å². The van der Waals surface area contributed by atoms with Crippen molar-refractivity contribution in [1.29, 1.82) is 0 Å². The lowest BCUT2D eigenvalue weighted by atomic mass is 9.96. The Morgan fingerprint density at radius 1 is 0.359 bits per heavy atom. The maximum Gasteiger partial charge on any atom is 0.248 e. The number of carbonyl (C=O) groups is 1. The molecule has 9 heterocycles. The van der Waals surface area contributed by atoms with E-state index < -0.39 is 36.0 Å². The molecule has 6 fully saturated rings. The maximum atomic E-state index is 13.1. The lowest BCUT2D eigenvalue weighted by molar-refractivity contribution is 0.0730. The monoisotopic (exact) mass is 1980 g/mol. The van der Waals surface area contributed by atoms with Crippen molar-refractivity contribution in [2.75, 3.05) is 234 Å². The van der Waals surface area contributed by atoms with Crippen LogP contribution in [-0.2, 0) is 34.8 Å². The molecule has 11 N–H and O–H groups in total. The fourth-order valence-corrected chi connectivity index (χ4v) is 21.3. The molecule has 0 unspecified atom stereocenters. The van der Waals surface area contributed by atoms with Gasteiger partial charge in [0.1, 0.15) is 23.3 Å². The highest BCUT2D eigenvalue weighted by molar-refractivity contribution is 7.90. The minimum atomic E-state index is -3.59. The Hall–Kier alpha value is -13.3.